The van der Waals surface area contributed by atoms with E-state index in [1.54, 1.807) is 6.07 Å². The molecule has 0 atom stereocenters. The topological polar surface area (TPSA) is 74.0 Å². The van der Waals surface area contributed by atoms with E-state index in [0.29, 0.717) is 6.42 Å². The van der Waals surface area contributed by atoms with Gasteiger partial charge in [0.25, 0.3) is 0 Å². The number of hydrogen-bond acceptors (Lipinski definition) is 2. The highest BCUT2D eigenvalue weighted by atomic mass is 19.1. The van der Waals surface area contributed by atoms with Gasteiger partial charge in [-0.1, -0.05) is 55.5 Å². The maximum atomic E-state index is 13.9. The van der Waals surface area contributed by atoms with Gasteiger partial charge in [-0.2, -0.15) is 0 Å². The summed E-state index contributed by atoms with van der Waals surface area (Å²) in [6.45, 7) is 1.91. The van der Waals surface area contributed by atoms with Crippen molar-refractivity contribution in [3.63, 3.8) is 0 Å². The molecule has 0 aliphatic carbocycles. The van der Waals surface area contributed by atoms with Gasteiger partial charge in [0.1, 0.15) is 5.82 Å². The van der Waals surface area contributed by atoms with Crippen LogP contribution in [0.5, 0.6) is 0 Å². The van der Waals surface area contributed by atoms with Crippen LogP contribution in [0.15, 0.2) is 72.8 Å². The molecular weight excluding hydrogens is 417 g/mol. The zero-order valence-corrected chi connectivity index (χ0v) is 18.5. The lowest BCUT2D eigenvalue weighted by molar-refractivity contribution is -0.124. The third kappa shape index (κ3) is 5.29. The summed E-state index contributed by atoms with van der Waals surface area (Å²) in [7, 11) is 0. The third-order valence-corrected chi connectivity index (χ3v) is 5.65. The molecule has 0 radical (unpaired) electrons. The number of aromatic nitrogens is 1. The van der Waals surface area contributed by atoms with Gasteiger partial charge >= 0.3 is 0 Å². The maximum Gasteiger partial charge on any atom is 0.243 e. The molecule has 0 saturated heterocycles. The second-order valence-electron chi connectivity index (χ2n) is 7.87. The van der Waals surface area contributed by atoms with Crippen molar-refractivity contribution >= 4 is 28.4 Å². The molecule has 0 fully saturated rings. The first-order chi connectivity index (χ1) is 16.0. The molecule has 1 heterocycles. The minimum absolute atomic E-state index is 0.106. The first kappa shape index (κ1) is 22.3. The molecule has 5 nitrogen and oxygen atoms in total. The number of carbonyl (C=O) groups is 2. The molecule has 1 aromatic heterocycles. The van der Waals surface area contributed by atoms with Crippen molar-refractivity contribution < 1.29 is 14.0 Å². The lowest BCUT2D eigenvalue weighted by atomic mass is 10.0. The zero-order chi connectivity index (χ0) is 23.2. The van der Waals surface area contributed by atoms with Gasteiger partial charge in [0.05, 0.1) is 6.54 Å². The largest absolute Gasteiger partial charge is 0.354 e. The molecule has 4 aromatic rings. The molecule has 6 heteroatoms. The van der Waals surface area contributed by atoms with Crippen LogP contribution >= 0.6 is 0 Å². The molecule has 0 saturated carbocycles. The standard InChI is InChI=1S/C27H26FN3O2/c1-2-18-8-6-7-11-23(18)30-26(33)17-29-25(32)15-13-21-22-16-20(28)12-14-24(22)31-27(21)19-9-4-3-5-10-19/h3-12,14,16,31H,2,13,15,17H2,1H3,(H,29,32)(H,30,33). The number of rotatable bonds is 8. The van der Waals surface area contributed by atoms with E-state index in [0.717, 1.165) is 45.4 Å². The number of para-hydroxylation sites is 1. The molecule has 0 bridgehead atoms. The molecule has 3 N–H and O–H groups in total. The minimum Gasteiger partial charge on any atom is -0.354 e. The van der Waals surface area contributed by atoms with Crippen LogP contribution in [0.2, 0.25) is 0 Å². The summed E-state index contributed by atoms with van der Waals surface area (Å²) < 4.78 is 13.9. The Hall–Kier alpha value is -3.93. The van der Waals surface area contributed by atoms with Crippen molar-refractivity contribution in [3.8, 4) is 11.3 Å². The molecule has 4 rings (SSSR count). The highest BCUT2D eigenvalue weighted by molar-refractivity contribution is 5.95. The Morgan fingerprint density at radius 2 is 1.70 bits per heavy atom. The van der Waals surface area contributed by atoms with Gasteiger partial charge in [0.2, 0.25) is 11.8 Å². The van der Waals surface area contributed by atoms with Gasteiger partial charge in [-0.3, -0.25) is 9.59 Å². The molecule has 0 spiro atoms. The van der Waals surface area contributed by atoms with Crippen molar-refractivity contribution in [1.82, 2.24) is 10.3 Å². The number of halogens is 1. The molecule has 3 aromatic carbocycles. The minimum atomic E-state index is -0.323. The molecule has 2 amide bonds. The predicted octanol–water partition coefficient (Wildman–Crippen LogP) is 5.22. The number of hydrogen-bond donors (Lipinski definition) is 3. The van der Waals surface area contributed by atoms with Crippen LogP contribution in [0, 0.1) is 5.82 Å². The summed E-state index contributed by atoms with van der Waals surface area (Å²) >= 11 is 0. The quantitative estimate of drug-likeness (QED) is 0.349. The van der Waals surface area contributed by atoms with Gasteiger partial charge in [-0.25, -0.2) is 4.39 Å². The van der Waals surface area contributed by atoms with Crippen molar-refractivity contribution in [3.05, 3.63) is 89.7 Å². The van der Waals surface area contributed by atoms with Gasteiger partial charge in [-0.15, -0.1) is 0 Å². The molecule has 0 unspecified atom stereocenters. The van der Waals surface area contributed by atoms with E-state index < -0.39 is 0 Å². The normalized spacial score (nSPS) is 10.8. The van der Waals surface area contributed by atoms with Crippen molar-refractivity contribution in [1.29, 1.82) is 0 Å². The number of carbonyl (C=O) groups excluding carboxylic acids is 2. The van der Waals surface area contributed by atoms with Crippen LogP contribution in [0.3, 0.4) is 0 Å². The van der Waals surface area contributed by atoms with Crippen LogP contribution in [0.1, 0.15) is 24.5 Å². The summed E-state index contributed by atoms with van der Waals surface area (Å²) in [6.07, 6.45) is 1.40. The number of aryl methyl sites for hydroxylation is 2. The fourth-order valence-electron chi connectivity index (χ4n) is 3.98. The second-order valence-corrected chi connectivity index (χ2v) is 7.87. The van der Waals surface area contributed by atoms with Crippen LogP contribution < -0.4 is 10.6 Å². The molecular formula is C27H26FN3O2. The van der Waals surface area contributed by atoms with Gasteiger partial charge in [-0.05, 0) is 53.8 Å². The lowest BCUT2D eigenvalue weighted by Crippen LogP contribution is -2.33. The van der Waals surface area contributed by atoms with E-state index in [4.69, 9.17) is 0 Å². The van der Waals surface area contributed by atoms with Crippen molar-refractivity contribution in [2.75, 3.05) is 11.9 Å². The van der Waals surface area contributed by atoms with E-state index in [-0.39, 0.29) is 30.6 Å². The summed E-state index contributed by atoms with van der Waals surface area (Å²) in [6, 6.07) is 22.0. The Balaban J connectivity index is 1.42. The Kier molecular flexibility index (Phi) is 6.83. The lowest BCUT2D eigenvalue weighted by Gasteiger charge is -2.10. The SMILES string of the molecule is CCc1ccccc1NC(=O)CNC(=O)CCc1c(-c2ccccc2)[nH]c2ccc(F)cc12. The number of fused-ring (bicyclic) bond motifs is 1. The average Bonchev–Trinajstić information content (AvgIpc) is 3.20. The van der Waals surface area contributed by atoms with E-state index in [1.807, 2.05) is 61.5 Å². The fraction of sp³-hybridized carbons (Fsp3) is 0.185. The molecule has 33 heavy (non-hydrogen) atoms. The van der Waals surface area contributed by atoms with E-state index >= 15 is 0 Å². The number of H-pyrrole nitrogens is 1. The van der Waals surface area contributed by atoms with Crippen molar-refractivity contribution in [2.45, 2.75) is 26.2 Å². The first-order valence-electron chi connectivity index (χ1n) is 11.0. The Labute approximate surface area is 192 Å². The number of aromatic amines is 1. The highest BCUT2D eigenvalue weighted by Gasteiger charge is 2.16. The Bertz CT molecular complexity index is 1280. The predicted molar refractivity (Wildman–Crippen MR) is 129 cm³/mol. The smallest absolute Gasteiger partial charge is 0.243 e. The maximum absolute atomic E-state index is 13.9. The number of anilines is 1. The molecule has 0 aliphatic rings. The number of benzene rings is 3. The second kappa shape index (κ2) is 10.1. The average molecular weight is 444 g/mol. The summed E-state index contributed by atoms with van der Waals surface area (Å²) in [5.41, 5.74) is 5.34. The fourth-order valence-corrected chi connectivity index (χ4v) is 3.98. The summed E-state index contributed by atoms with van der Waals surface area (Å²) in [5.74, 6) is -0.835. The van der Waals surface area contributed by atoms with E-state index in [1.165, 1.54) is 12.1 Å². The zero-order valence-electron chi connectivity index (χ0n) is 18.5. The number of nitrogens with one attached hydrogen (secondary N) is 3. The van der Waals surface area contributed by atoms with Crippen LogP contribution in [0.4, 0.5) is 10.1 Å². The monoisotopic (exact) mass is 443 g/mol. The number of amides is 2. The van der Waals surface area contributed by atoms with E-state index in [2.05, 4.69) is 15.6 Å². The summed E-state index contributed by atoms with van der Waals surface area (Å²) in [5, 5.41) is 6.29. The van der Waals surface area contributed by atoms with Gasteiger partial charge in [0.15, 0.2) is 0 Å². The van der Waals surface area contributed by atoms with Gasteiger partial charge < -0.3 is 15.6 Å². The third-order valence-electron chi connectivity index (χ3n) is 5.65. The highest BCUT2D eigenvalue weighted by Crippen LogP contribution is 2.31. The molecule has 0 aliphatic heterocycles. The van der Waals surface area contributed by atoms with Crippen LogP contribution in [-0.4, -0.2) is 23.3 Å². The van der Waals surface area contributed by atoms with Crippen molar-refractivity contribution in [2.24, 2.45) is 0 Å². The summed E-state index contributed by atoms with van der Waals surface area (Å²) in [4.78, 5) is 28.1. The molecule has 168 valence electrons. The van der Waals surface area contributed by atoms with Crippen LogP contribution in [0.25, 0.3) is 22.2 Å². The van der Waals surface area contributed by atoms with E-state index in [9.17, 15) is 14.0 Å². The Morgan fingerprint density at radius 1 is 0.939 bits per heavy atom. The van der Waals surface area contributed by atoms with Gasteiger partial charge in [0, 0.05) is 28.7 Å². The Morgan fingerprint density at radius 3 is 2.48 bits per heavy atom. The van der Waals surface area contributed by atoms with Crippen LogP contribution in [-0.2, 0) is 22.4 Å². The first-order valence-corrected chi connectivity index (χ1v) is 11.0.